The van der Waals surface area contributed by atoms with Crippen molar-refractivity contribution in [2.45, 2.75) is 27.4 Å². The topological polar surface area (TPSA) is 104 Å². The summed E-state index contributed by atoms with van der Waals surface area (Å²) in [7, 11) is 0. The fraction of sp³-hybridized carbons (Fsp3) is 0.138. The molecule has 0 radical (unpaired) electrons. The Labute approximate surface area is 207 Å². The summed E-state index contributed by atoms with van der Waals surface area (Å²) in [5.74, 6) is -0.194. The Morgan fingerprint density at radius 3 is 2.56 bits per heavy atom. The van der Waals surface area contributed by atoms with Gasteiger partial charge in [-0.25, -0.2) is 4.98 Å². The predicted molar refractivity (Wildman–Crippen MR) is 141 cm³/mol. The molecule has 0 atom stereocenters. The van der Waals surface area contributed by atoms with Crippen LogP contribution in [0, 0.1) is 20.8 Å². The Hall–Kier alpha value is -4.65. The molecule has 2 aromatic heterocycles. The number of aromatic hydroxyl groups is 1. The molecule has 0 bridgehead atoms. The van der Waals surface area contributed by atoms with Gasteiger partial charge >= 0.3 is 0 Å². The molecule has 3 N–H and O–H groups in total. The Morgan fingerprint density at radius 1 is 0.972 bits per heavy atom. The average Bonchev–Trinajstić information content (AvgIpc) is 2.88. The first-order chi connectivity index (χ1) is 17.3. The number of para-hydroxylation sites is 1. The maximum atomic E-state index is 13.1. The van der Waals surface area contributed by atoms with E-state index in [1.54, 1.807) is 30.3 Å². The number of hydrogen-bond donors (Lipinski definition) is 3. The van der Waals surface area contributed by atoms with Crippen molar-refractivity contribution in [3.05, 3.63) is 105 Å². The maximum Gasteiger partial charge on any atom is 0.276 e. The molecule has 1 amide bonds. The number of ether oxygens (including phenoxy) is 1. The number of aryl methyl sites for hydroxylation is 2. The van der Waals surface area contributed by atoms with E-state index < -0.39 is 11.5 Å². The molecule has 0 aliphatic heterocycles. The van der Waals surface area contributed by atoms with Crippen LogP contribution in [-0.4, -0.2) is 21.0 Å². The molecule has 7 nitrogen and oxygen atoms in total. The number of fused-ring (bicyclic) bond motifs is 2. The standard InChI is InChI=1S/C29H25N3O4/c1-16-11-14-23(31-29(35)26-27(33)20-8-4-5-9-21(20)28(34)32-26)18(3)22(16)15-36-24-10-6-7-19-13-12-17(2)30-25(19)24/h4-14,33H,15H2,1-3H3,(H,31,35)(H,32,34). The third-order valence-electron chi connectivity index (χ3n) is 6.40. The van der Waals surface area contributed by atoms with Crippen LogP contribution >= 0.6 is 0 Å². The summed E-state index contributed by atoms with van der Waals surface area (Å²) in [4.78, 5) is 32.6. The van der Waals surface area contributed by atoms with Gasteiger partial charge in [0.2, 0.25) is 0 Å². The van der Waals surface area contributed by atoms with E-state index in [-0.39, 0.29) is 18.1 Å². The zero-order chi connectivity index (χ0) is 25.4. The van der Waals surface area contributed by atoms with Gasteiger partial charge in [0, 0.05) is 22.2 Å². The second-order valence-corrected chi connectivity index (χ2v) is 8.78. The van der Waals surface area contributed by atoms with E-state index in [0.29, 0.717) is 22.2 Å². The number of hydrogen-bond acceptors (Lipinski definition) is 5. The van der Waals surface area contributed by atoms with Crippen molar-refractivity contribution in [3.63, 3.8) is 0 Å². The van der Waals surface area contributed by atoms with Crippen LogP contribution in [0.25, 0.3) is 21.7 Å². The van der Waals surface area contributed by atoms with Crippen LogP contribution in [0.3, 0.4) is 0 Å². The molecule has 5 aromatic rings. The van der Waals surface area contributed by atoms with Crippen molar-refractivity contribution in [1.29, 1.82) is 0 Å². The molecule has 0 saturated carbocycles. The summed E-state index contributed by atoms with van der Waals surface area (Å²) >= 11 is 0. The van der Waals surface area contributed by atoms with Gasteiger partial charge in [-0.15, -0.1) is 0 Å². The lowest BCUT2D eigenvalue weighted by molar-refractivity contribution is 0.101. The summed E-state index contributed by atoms with van der Waals surface area (Å²) in [6.07, 6.45) is 0. The van der Waals surface area contributed by atoms with Gasteiger partial charge in [0.1, 0.15) is 17.9 Å². The number of anilines is 1. The summed E-state index contributed by atoms with van der Waals surface area (Å²) in [6, 6.07) is 20.1. The molecular formula is C29H25N3O4. The molecule has 5 rings (SSSR count). The van der Waals surface area contributed by atoms with Crippen molar-refractivity contribution in [3.8, 4) is 11.5 Å². The Kier molecular flexibility index (Phi) is 5.90. The molecule has 7 heteroatoms. The molecule has 0 aliphatic rings. The largest absolute Gasteiger partial charge is 0.505 e. The van der Waals surface area contributed by atoms with Crippen LogP contribution in [0.15, 0.2) is 71.5 Å². The maximum absolute atomic E-state index is 13.1. The Bertz CT molecular complexity index is 1710. The minimum Gasteiger partial charge on any atom is -0.505 e. The van der Waals surface area contributed by atoms with E-state index in [0.717, 1.165) is 33.3 Å². The monoisotopic (exact) mass is 479 g/mol. The van der Waals surface area contributed by atoms with Gasteiger partial charge in [-0.2, -0.15) is 0 Å². The lowest BCUT2D eigenvalue weighted by Gasteiger charge is -2.17. The third kappa shape index (κ3) is 4.15. The number of H-pyrrole nitrogens is 1. The molecule has 2 heterocycles. The second-order valence-electron chi connectivity index (χ2n) is 8.78. The number of aromatic amines is 1. The van der Waals surface area contributed by atoms with Gasteiger partial charge in [-0.3, -0.25) is 9.59 Å². The number of nitrogens with zero attached hydrogens (tertiary/aromatic N) is 1. The number of carbonyl (C=O) groups excluding carboxylic acids is 1. The average molecular weight is 480 g/mol. The number of amides is 1. The van der Waals surface area contributed by atoms with Gasteiger partial charge in [-0.05, 0) is 61.7 Å². The van der Waals surface area contributed by atoms with Crippen LogP contribution in [0.1, 0.15) is 32.9 Å². The normalized spacial score (nSPS) is 11.1. The highest BCUT2D eigenvalue weighted by atomic mass is 16.5. The molecular weight excluding hydrogens is 454 g/mol. The molecule has 0 unspecified atom stereocenters. The first-order valence-electron chi connectivity index (χ1n) is 11.6. The van der Waals surface area contributed by atoms with Crippen LogP contribution in [0.4, 0.5) is 5.69 Å². The van der Waals surface area contributed by atoms with Crippen molar-refractivity contribution in [2.75, 3.05) is 5.32 Å². The highest BCUT2D eigenvalue weighted by Gasteiger charge is 2.19. The molecule has 36 heavy (non-hydrogen) atoms. The zero-order valence-electron chi connectivity index (χ0n) is 20.2. The lowest BCUT2D eigenvalue weighted by atomic mass is 10.0. The third-order valence-corrected chi connectivity index (χ3v) is 6.40. The smallest absolute Gasteiger partial charge is 0.276 e. The van der Waals surface area contributed by atoms with Crippen LogP contribution < -0.4 is 15.6 Å². The SMILES string of the molecule is Cc1ccc2cccc(OCc3c(C)ccc(NC(=O)c4[nH]c(=O)c5ccccc5c4O)c3C)c2n1. The van der Waals surface area contributed by atoms with E-state index in [1.807, 2.05) is 57.2 Å². The van der Waals surface area contributed by atoms with E-state index >= 15 is 0 Å². The number of pyridine rings is 2. The first kappa shape index (κ1) is 23.1. The highest BCUT2D eigenvalue weighted by molar-refractivity contribution is 6.08. The molecule has 0 fully saturated rings. The van der Waals surface area contributed by atoms with E-state index in [9.17, 15) is 14.7 Å². The molecule has 3 aromatic carbocycles. The second kappa shape index (κ2) is 9.19. The van der Waals surface area contributed by atoms with E-state index in [2.05, 4.69) is 15.3 Å². The van der Waals surface area contributed by atoms with Crippen LogP contribution in [0.5, 0.6) is 11.5 Å². The van der Waals surface area contributed by atoms with Gasteiger partial charge in [0.05, 0.1) is 5.39 Å². The van der Waals surface area contributed by atoms with Crippen molar-refractivity contribution >= 4 is 33.3 Å². The highest BCUT2D eigenvalue weighted by Crippen LogP contribution is 2.29. The number of benzene rings is 3. The van der Waals surface area contributed by atoms with Crippen molar-refractivity contribution in [1.82, 2.24) is 9.97 Å². The van der Waals surface area contributed by atoms with Crippen LogP contribution in [-0.2, 0) is 6.61 Å². The zero-order valence-corrected chi connectivity index (χ0v) is 20.2. The fourth-order valence-corrected chi connectivity index (χ4v) is 4.35. The quantitative estimate of drug-likeness (QED) is 0.307. The first-order valence-corrected chi connectivity index (χ1v) is 11.6. The van der Waals surface area contributed by atoms with E-state index in [4.69, 9.17) is 4.74 Å². The fourth-order valence-electron chi connectivity index (χ4n) is 4.35. The number of aromatic nitrogens is 2. The van der Waals surface area contributed by atoms with Gasteiger partial charge in [0.25, 0.3) is 11.5 Å². The van der Waals surface area contributed by atoms with Crippen molar-refractivity contribution in [2.24, 2.45) is 0 Å². The molecule has 0 saturated heterocycles. The van der Waals surface area contributed by atoms with Crippen molar-refractivity contribution < 1.29 is 14.6 Å². The molecule has 0 spiro atoms. The van der Waals surface area contributed by atoms with E-state index in [1.165, 1.54) is 0 Å². The summed E-state index contributed by atoms with van der Waals surface area (Å²) in [5, 5.41) is 15.1. The minimum atomic E-state index is -0.608. The number of nitrogens with one attached hydrogen (secondary N) is 2. The number of rotatable bonds is 5. The van der Waals surface area contributed by atoms with Crippen LogP contribution in [0.2, 0.25) is 0 Å². The Morgan fingerprint density at radius 2 is 1.75 bits per heavy atom. The number of carbonyl (C=O) groups is 1. The molecule has 0 aliphatic carbocycles. The molecule has 180 valence electrons. The minimum absolute atomic E-state index is 0.186. The van der Waals surface area contributed by atoms with Gasteiger partial charge in [0.15, 0.2) is 11.4 Å². The lowest BCUT2D eigenvalue weighted by Crippen LogP contribution is -2.20. The predicted octanol–water partition coefficient (Wildman–Crippen LogP) is 5.54. The summed E-state index contributed by atoms with van der Waals surface area (Å²) < 4.78 is 6.19. The Balaban J connectivity index is 1.43. The summed E-state index contributed by atoms with van der Waals surface area (Å²) in [5.41, 5.74) is 4.40. The summed E-state index contributed by atoms with van der Waals surface area (Å²) in [6.45, 7) is 6.11. The van der Waals surface area contributed by atoms with Gasteiger partial charge in [-0.1, -0.05) is 42.5 Å². The van der Waals surface area contributed by atoms with Gasteiger partial charge < -0.3 is 20.1 Å².